The summed E-state index contributed by atoms with van der Waals surface area (Å²) in [5.74, 6) is 0.606. The lowest BCUT2D eigenvalue weighted by Gasteiger charge is -2.05. The van der Waals surface area contributed by atoms with Crippen molar-refractivity contribution >= 4 is 17.3 Å². The molecule has 0 aliphatic rings. The van der Waals surface area contributed by atoms with Crippen LogP contribution in [0.2, 0.25) is 0 Å². The van der Waals surface area contributed by atoms with E-state index >= 15 is 0 Å². The van der Waals surface area contributed by atoms with Gasteiger partial charge < -0.3 is 11.1 Å². The highest BCUT2D eigenvalue weighted by atomic mass is 15.1. The quantitative estimate of drug-likeness (QED) is 0.790. The van der Waals surface area contributed by atoms with Crippen LogP contribution in [0.1, 0.15) is 18.9 Å². The van der Waals surface area contributed by atoms with Crippen LogP contribution in [0.3, 0.4) is 0 Å². The molecule has 1 heterocycles. The molecule has 0 saturated carbocycles. The maximum absolute atomic E-state index is 5.61. The second-order valence-corrected chi connectivity index (χ2v) is 3.91. The fourth-order valence-electron chi connectivity index (χ4n) is 1.53. The predicted octanol–water partition coefficient (Wildman–Crippen LogP) is 2.75. The van der Waals surface area contributed by atoms with Crippen molar-refractivity contribution in [3.05, 3.63) is 42.2 Å². The van der Waals surface area contributed by atoms with E-state index < -0.39 is 0 Å². The Hall–Kier alpha value is -2.10. The van der Waals surface area contributed by atoms with Gasteiger partial charge in [-0.05, 0) is 36.2 Å². The van der Waals surface area contributed by atoms with E-state index in [0.717, 1.165) is 29.8 Å². The van der Waals surface area contributed by atoms with Gasteiger partial charge in [0, 0.05) is 23.8 Å². The summed E-state index contributed by atoms with van der Waals surface area (Å²) in [6.45, 7) is 2.14. The normalized spacial score (nSPS) is 10.2. The zero-order chi connectivity index (χ0) is 12.1. The van der Waals surface area contributed by atoms with Crippen molar-refractivity contribution in [2.24, 2.45) is 0 Å². The van der Waals surface area contributed by atoms with Crippen molar-refractivity contribution in [3.63, 3.8) is 0 Å². The summed E-state index contributed by atoms with van der Waals surface area (Å²) in [6.07, 6.45) is 5.84. The zero-order valence-corrected chi connectivity index (χ0v) is 9.85. The van der Waals surface area contributed by atoms with Crippen molar-refractivity contribution in [1.82, 2.24) is 9.97 Å². The van der Waals surface area contributed by atoms with Crippen LogP contribution in [-0.2, 0) is 6.42 Å². The number of hydrogen-bond acceptors (Lipinski definition) is 4. The number of aromatic nitrogens is 2. The van der Waals surface area contributed by atoms with Gasteiger partial charge in [0.2, 0.25) is 5.95 Å². The van der Waals surface area contributed by atoms with Crippen molar-refractivity contribution < 1.29 is 0 Å². The summed E-state index contributed by atoms with van der Waals surface area (Å²) < 4.78 is 0. The predicted molar refractivity (Wildman–Crippen MR) is 70.2 cm³/mol. The van der Waals surface area contributed by atoms with Crippen LogP contribution in [0, 0.1) is 0 Å². The Morgan fingerprint density at radius 1 is 1.12 bits per heavy atom. The number of aryl methyl sites for hydroxylation is 1. The minimum atomic E-state index is 0.606. The summed E-state index contributed by atoms with van der Waals surface area (Å²) in [6, 6.07) is 7.48. The first-order valence-corrected chi connectivity index (χ1v) is 5.71. The highest BCUT2D eigenvalue weighted by molar-refractivity contribution is 5.56. The molecular formula is C13H16N4. The molecule has 17 heavy (non-hydrogen) atoms. The first-order chi connectivity index (χ1) is 8.28. The van der Waals surface area contributed by atoms with Gasteiger partial charge in [-0.2, -0.15) is 0 Å². The van der Waals surface area contributed by atoms with E-state index in [0.29, 0.717) is 5.95 Å². The molecule has 0 amide bonds. The highest BCUT2D eigenvalue weighted by Gasteiger charge is 1.98. The molecule has 2 rings (SSSR count). The van der Waals surface area contributed by atoms with Gasteiger partial charge in [-0.25, -0.2) is 9.97 Å². The molecule has 3 N–H and O–H groups in total. The van der Waals surface area contributed by atoms with Gasteiger partial charge in [-0.15, -0.1) is 0 Å². The van der Waals surface area contributed by atoms with Gasteiger partial charge >= 0.3 is 0 Å². The first-order valence-electron chi connectivity index (χ1n) is 5.71. The van der Waals surface area contributed by atoms with E-state index in [1.165, 1.54) is 0 Å². The lowest BCUT2D eigenvalue weighted by Crippen LogP contribution is -1.98. The molecule has 1 aromatic heterocycles. The topological polar surface area (TPSA) is 63.8 Å². The molecule has 0 fully saturated rings. The average molecular weight is 228 g/mol. The average Bonchev–Trinajstić information content (AvgIpc) is 2.35. The summed E-state index contributed by atoms with van der Waals surface area (Å²) in [5.41, 5.74) is 8.45. The van der Waals surface area contributed by atoms with E-state index in [2.05, 4.69) is 22.2 Å². The Morgan fingerprint density at radius 3 is 2.35 bits per heavy atom. The third-order valence-corrected chi connectivity index (χ3v) is 2.41. The number of nitrogens with one attached hydrogen (secondary N) is 1. The van der Waals surface area contributed by atoms with Crippen LogP contribution in [0.25, 0.3) is 0 Å². The molecular weight excluding hydrogens is 212 g/mol. The van der Waals surface area contributed by atoms with Crippen molar-refractivity contribution in [3.8, 4) is 0 Å². The highest BCUT2D eigenvalue weighted by Crippen LogP contribution is 2.14. The fourth-order valence-corrected chi connectivity index (χ4v) is 1.53. The van der Waals surface area contributed by atoms with Gasteiger partial charge in [-0.1, -0.05) is 13.3 Å². The Balaban J connectivity index is 2.05. The fraction of sp³-hybridized carbons (Fsp3) is 0.231. The van der Waals surface area contributed by atoms with Crippen molar-refractivity contribution in [2.75, 3.05) is 11.1 Å². The number of rotatable bonds is 4. The summed E-state index contributed by atoms with van der Waals surface area (Å²) in [5, 5.41) is 3.12. The molecule has 0 saturated heterocycles. The molecule has 0 bridgehead atoms. The van der Waals surface area contributed by atoms with Crippen LogP contribution >= 0.6 is 0 Å². The number of nitrogens with two attached hydrogens (primary N) is 1. The second-order valence-electron chi connectivity index (χ2n) is 3.91. The van der Waals surface area contributed by atoms with Crippen LogP contribution < -0.4 is 11.1 Å². The minimum Gasteiger partial charge on any atom is -0.399 e. The third-order valence-electron chi connectivity index (χ3n) is 2.41. The summed E-state index contributed by atoms with van der Waals surface area (Å²) in [7, 11) is 0. The Bertz CT molecular complexity index is 462. The second kappa shape index (κ2) is 5.30. The van der Waals surface area contributed by atoms with Gasteiger partial charge in [0.05, 0.1) is 0 Å². The number of benzene rings is 1. The first kappa shape index (κ1) is 11.4. The van der Waals surface area contributed by atoms with E-state index in [1.807, 2.05) is 36.7 Å². The monoisotopic (exact) mass is 228 g/mol. The molecule has 1 aromatic carbocycles. The third kappa shape index (κ3) is 3.17. The van der Waals surface area contributed by atoms with Gasteiger partial charge in [0.25, 0.3) is 0 Å². The molecule has 4 heteroatoms. The number of hydrogen-bond donors (Lipinski definition) is 2. The van der Waals surface area contributed by atoms with E-state index in [9.17, 15) is 0 Å². The summed E-state index contributed by atoms with van der Waals surface area (Å²) >= 11 is 0. The Labute approximate surface area is 101 Å². The standard InChI is InChI=1S/C13H16N4/c1-2-3-10-8-15-13(16-9-10)17-12-6-4-11(14)5-7-12/h4-9H,2-3,14H2,1H3,(H,15,16,17). The molecule has 4 nitrogen and oxygen atoms in total. The number of nitrogen functional groups attached to an aromatic ring is 1. The molecule has 0 aliphatic heterocycles. The molecule has 2 aromatic rings. The Morgan fingerprint density at radius 2 is 1.76 bits per heavy atom. The Kier molecular flexibility index (Phi) is 3.55. The van der Waals surface area contributed by atoms with Gasteiger partial charge in [-0.3, -0.25) is 0 Å². The lowest BCUT2D eigenvalue weighted by molar-refractivity contribution is 0.902. The molecule has 0 atom stereocenters. The SMILES string of the molecule is CCCc1cnc(Nc2ccc(N)cc2)nc1. The van der Waals surface area contributed by atoms with Gasteiger partial charge in [0.1, 0.15) is 0 Å². The zero-order valence-electron chi connectivity index (χ0n) is 9.85. The van der Waals surface area contributed by atoms with Gasteiger partial charge in [0.15, 0.2) is 0 Å². The molecule has 0 aliphatic carbocycles. The van der Waals surface area contributed by atoms with E-state index in [4.69, 9.17) is 5.73 Å². The maximum Gasteiger partial charge on any atom is 0.227 e. The van der Waals surface area contributed by atoms with Crippen molar-refractivity contribution in [1.29, 1.82) is 0 Å². The largest absolute Gasteiger partial charge is 0.399 e. The number of nitrogens with zero attached hydrogens (tertiary/aromatic N) is 2. The van der Waals surface area contributed by atoms with Crippen LogP contribution in [0.4, 0.5) is 17.3 Å². The van der Waals surface area contributed by atoms with Crippen LogP contribution in [-0.4, -0.2) is 9.97 Å². The molecule has 0 spiro atoms. The van der Waals surface area contributed by atoms with Crippen molar-refractivity contribution in [2.45, 2.75) is 19.8 Å². The van der Waals surface area contributed by atoms with E-state index in [1.54, 1.807) is 0 Å². The van der Waals surface area contributed by atoms with E-state index in [-0.39, 0.29) is 0 Å². The molecule has 0 radical (unpaired) electrons. The van der Waals surface area contributed by atoms with Crippen LogP contribution in [0.15, 0.2) is 36.7 Å². The molecule has 0 unspecified atom stereocenters. The van der Waals surface area contributed by atoms with Crippen LogP contribution in [0.5, 0.6) is 0 Å². The summed E-state index contributed by atoms with van der Waals surface area (Å²) in [4.78, 5) is 8.52. The lowest BCUT2D eigenvalue weighted by atomic mass is 10.2. The smallest absolute Gasteiger partial charge is 0.227 e. The number of anilines is 3. The maximum atomic E-state index is 5.61. The minimum absolute atomic E-state index is 0.606. The molecule has 88 valence electrons.